The van der Waals surface area contributed by atoms with E-state index < -0.39 is 0 Å². The Morgan fingerprint density at radius 1 is 1.16 bits per heavy atom. The zero-order valence-corrected chi connectivity index (χ0v) is 18.9. The summed E-state index contributed by atoms with van der Waals surface area (Å²) in [6.45, 7) is 5.61. The van der Waals surface area contributed by atoms with E-state index in [-0.39, 0.29) is 17.7 Å². The second kappa shape index (κ2) is 8.65. The highest BCUT2D eigenvalue weighted by molar-refractivity contribution is 7.15. The molecule has 1 N–H and O–H groups in total. The molecule has 3 aliphatic rings. The van der Waals surface area contributed by atoms with Crippen LogP contribution in [0.3, 0.4) is 0 Å². The molecule has 0 radical (unpaired) electrons. The first kappa shape index (κ1) is 20.5. The summed E-state index contributed by atoms with van der Waals surface area (Å²) in [6.07, 6.45) is 5.77. The predicted molar refractivity (Wildman–Crippen MR) is 119 cm³/mol. The third kappa shape index (κ3) is 4.35. The SMILES string of the molecule is Cc1ccc(CNC(=O)[C@@H]2CCc3nc(N4CCN(C(=O)C5CCC5)CC4)sc3C2)o1. The highest BCUT2D eigenvalue weighted by Crippen LogP contribution is 2.35. The number of anilines is 1. The first-order valence-corrected chi connectivity index (χ1v) is 12.2. The van der Waals surface area contributed by atoms with Crippen molar-refractivity contribution in [3.63, 3.8) is 0 Å². The summed E-state index contributed by atoms with van der Waals surface area (Å²) in [7, 11) is 0. The summed E-state index contributed by atoms with van der Waals surface area (Å²) in [4.78, 5) is 35.6. The Kier molecular flexibility index (Phi) is 5.73. The Bertz CT molecular complexity index is 956. The van der Waals surface area contributed by atoms with Gasteiger partial charge in [-0.05, 0) is 51.2 Å². The molecule has 2 fully saturated rings. The van der Waals surface area contributed by atoms with Crippen LogP contribution in [0.5, 0.6) is 0 Å². The minimum absolute atomic E-state index is 0.00574. The Morgan fingerprint density at radius 2 is 1.97 bits per heavy atom. The number of nitrogens with one attached hydrogen (secondary N) is 1. The summed E-state index contributed by atoms with van der Waals surface area (Å²) in [5, 5.41) is 4.07. The Morgan fingerprint density at radius 3 is 2.65 bits per heavy atom. The average Bonchev–Trinajstić information content (AvgIpc) is 3.36. The first-order chi connectivity index (χ1) is 15.1. The Hall–Kier alpha value is -2.35. The molecule has 2 amide bonds. The molecule has 1 saturated carbocycles. The minimum atomic E-state index is -0.00574. The van der Waals surface area contributed by atoms with E-state index in [9.17, 15) is 9.59 Å². The molecule has 2 aliphatic carbocycles. The van der Waals surface area contributed by atoms with Crippen LogP contribution in [0.1, 0.15) is 47.8 Å². The van der Waals surface area contributed by atoms with Crippen LogP contribution in [-0.2, 0) is 29.0 Å². The fourth-order valence-corrected chi connectivity index (χ4v) is 5.89. The van der Waals surface area contributed by atoms with Gasteiger partial charge in [-0.25, -0.2) is 4.98 Å². The van der Waals surface area contributed by atoms with Crippen molar-refractivity contribution in [1.82, 2.24) is 15.2 Å². The third-order valence-corrected chi connectivity index (χ3v) is 8.03. The van der Waals surface area contributed by atoms with Gasteiger partial charge in [0.05, 0.1) is 12.2 Å². The molecule has 0 spiro atoms. The molecule has 166 valence electrons. The molecule has 0 unspecified atom stereocenters. The van der Waals surface area contributed by atoms with E-state index in [4.69, 9.17) is 9.40 Å². The lowest BCUT2D eigenvalue weighted by atomic mass is 9.84. The number of thiazole rings is 1. The molecule has 1 saturated heterocycles. The van der Waals surface area contributed by atoms with Gasteiger partial charge in [0.25, 0.3) is 0 Å². The molecule has 31 heavy (non-hydrogen) atoms. The highest BCUT2D eigenvalue weighted by atomic mass is 32.1. The van der Waals surface area contributed by atoms with Crippen LogP contribution in [-0.4, -0.2) is 47.9 Å². The number of amides is 2. The molecule has 8 heteroatoms. The molecule has 1 aliphatic heterocycles. The molecule has 1 atom stereocenters. The number of piperazine rings is 1. The molecule has 0 aromatic carbocycles. The van der Waals surface area contributed by atoms with Crippen molar-refractivity contribution in [2.75, 3.05) is 31.1 Å². The van der Waals surface area contributed by atoms with Crippen LogP contribution in [0.4, 0.5) is 5.13 Å². The van der Waals surface area contributed by atoms with Gasteiger partial charge >= 0.3 is 0 Å². The molecular formula is C23H30N4O3S. The third-order valence-electron chi connectivity index (χ3n) is 6.85. The van der Waals surface area contributed by atoms with Gasteiger partial charge < -0.3 is 19.5 Å². The molecule has 5 rings (SSSR count). The van der Waals surface area contributed by atoms with Crippen LogP contribution in [0.15, 0.2) is 16.5 Å². The maximum absolute atomic E-state index is 12.7. The smallest absolute Gasteiger partial charge is 0.225 e. The van der Waals surface area contributed by atoms with E-state index in [0.29, 0.717) is 12.5 Å². The standard InChI is InChI=1S/C23H30N4O3S/c1-15-5-7-18(30-15)14-24-21(28)17-6-8-19-20(13-17)31-23(25-19)27-11-9-26(10-12-27)22(29)16-3-2-4-16/h5,7,16-17H,2-4,6,8-14H2,1H3,(H,24,28)/t17-/m1/s1. The number of hydrogen-bond acceptors (Lipinski definition) is 6. The number of furan rings is 1. The van der Waals surface area contributed by atoms with Gasteiger partial charge in [0.2, 0.25) is 11.8 Å². The van der Waals surface area contributed by atoms with Crippen molar-refractivity contribution in [2.24, 2.45) is 11.8 Å². The molecule has 2 aromatic rings. The summed E-state index contributed by atoms with van der Waals surface area (Å²) >= 11 is 1.73. The monoisotopic (exact) mass is 442 g/mol. The summed E-state index contributed by atoms with van der Waals surface area (Å²) in [5.41, 5.74) is 1.15. The van der Waals surface area contributed by atoms with E-state index in [1.54, 1.807) is 11.3 Å². The van der Waals surface area contributed by atoms with Gasteiger partial charge in [0.15, 0.2) is 5.13 Å². The highest BCUT2D eigenvalue weighted by Gasteiger charge is 2.33. The van der Waals surface area contributed by atoms with Crippen LogP contribution in [0, 0.1) is 18.8 Å². The second-order valence-electron chi connectivity index (χ2n) is 8.98. The van der Waals surface area contributed by atoms with E-state index in [0.717, 1.165) is 80.6 Å². The Labute approximate surface area is 186 Å². The maximum atomic E-state index is 12.7. The van der Waals surface area contributed by atoms with E-state index >= 15 is 0 Å². The minimum Gasteiger partial charge on any atom is -0.465 e. The number of aromatic nitrogens is 1. The maximum Gasteiger partial charge on any atom is 0.225 e. The van der Waals surface area contributed by atoms with E-state index in [1.165, 1.54) is 11.3 Å². The lowest BCUT2D eigenvalue weighted by Gasteiger charge is -2.38. The van der Waals surface area contributed by atoms with Crippen molar-refractivity contribution >= 4 is 28.3 Å². The summed E-state index contributed by atoms with van der Waals surface area (Å²) < 4.78 is 5.54. The van der Waals surface area contributed by atoms with Gasteiger partial charge in [0.1, 0.15) is 11.5 Å². The van der Waals surface area contributed by atoms with Gasteiger partial charge in [-0.1, -0.05) is 6.42 Å². The topological polar surface area (TPSA) is 78.7 Å². The quantitative estimate of drug-likeness (QED) is 0.770. The van der Waals surface area contributed by atoms with Gasteiger partial charge in [-0.3, -0.25) is 9.59 Å². The number of carbonyl (C=O) groups is 2. The van der Waals surface area contributed by atoms with Crippen molar-refractivity contribution in [2.45, 2.75) is 52.0 Å². The molecule has 0 bridgehead atoms. The number of nitrogens with zero attached hydrogens (tertiary/aromatic N) is 3. The number of aryl methyl sites for hydroxylation is 2. The fraction of sp³-hybridized carbons (Fsp3) is 0.609. The predicted octanol–water partition coefficient (Wildman–Crippen LogP) is 2.91. The Balaban J connectivity index is 1.15. The van der Waals surface area contributed by atoms with Crippen molar-refractivity contribution < 1.29 is 14.0 Å². The van der Waals surface area contributed by atoms with E-state index in [2.05, 4.69) is 10.2 Å². The van der Waals surface area contributed by atoms with Gasteiger partial charge in [0, 0.05) is 42.9 Å². The fourth-order valence-electron chi connectivity index (χ4n) is 4.65. The van der Waals surface area contributed by atoms with Crippen molar-refractivity contribution in [3.05, 3.63) is 34.2 Å². The lowest BCUT2D eigenvalue weighted by molar-refractivity contribution is -0.138. The van der Waals surface area contributed by atoms with Gasteiger partial charge in [-0.2, -0.15) is 0 Å². The van der Waals surface area contributed by atoms with E-state index in [1.807, 2.05) is 24.0 Å². The second-order valence-corrected chi connectivity index (χ2v) is 10.0. The van der Waals surface area contributed by atoms with Crippen molar-refractivity contribution in [3.8, 4) is 0 Å². The van der Waals surface area contributed by atoms with Crippen LogP contribution >= 0.6 is 11.3 Å². The largest absolute Gasteiger partial charge is 0.465 e. The van der Waals surface area contributed by atoms with Crippen LogP contribution in [0.2, 0.25) is 0 Å². The number of fused-ring (bicyclic) bond motifs is 1. The number of carbonyl (C=O) groups excluding carboxylic acids is 2. The molecular weight excluding hydrogens is 412 g/mol. The lowest BCUT2D eigenvalue weighted by Crippen LogP contribution is -2.51. The van der Waals surface area contributed by atoms with Gasteiger partial charge in [-0.15, -0.1) is 11.3 Å². The molecule has 3 heterocycles. The zero-order valence-electron chi connectivity index (χ0n) is 18.1. The summed E-state index contributed by atoms with van der Waals surface area (Å²) in [5.74, 6) is 2.36. The number of hydrogen-bond donors (Lipinski definition) is 1. The van der Waals surface area contributed by atoms with Crippen molar-refractivity contribution in [1.29, 1.82) is 0 Å². The normalized spacial score (nSPS) is 21.5. The first-order valence-electron chi connectivity index (χ1n) is 11.4. The number of rotatable bonds is 5. The van der Waals surface area contributed by atoms with Crippen LogP contribution in [0.25, 0.3) is 0 Å². The average molecular weight is 443 g/mol. The van der Waals surface area contributed by atoms with Crippen LogP contribution < -0.4 is 10.2 Å². The zero-order chi connectivity index (χ0) is 21.4. The molecule has 7 nitrogen and oxygen atoms in total. The molecule has 2 aromatic heterocycles. The summed E-state index contributed by atoms with van der Waals surface area (Å²) in [6, 6.07) is 3.82.